The van der Waals surface area contributed by atoms with Gasteiger partial charge in [0.2, 0.25) is 0 Å². The van der Waals surface area contributed by atoms with Crippen LogP contribution in [0, 0.1) is 11.8 Å². The number of aryl methyl sites for hydroxylation is 2. The number of hydrogen-bond acceptors (Lipinski definition) is 2. The second-order valence-corrected chi connectivity index (χ2v) is 6.76. The van der Waals surface area contributed by atoms with Crippen molar-refractivity contribution < 1.29 is 0 Å². The molecule has 0 amide bonds. The van der Waals surface area contributed by atoms with Crippen LogP contribution in [-0.2, 0) is 13.5 Å². The molecule has 4 heteroatoms. The third kappa shape index (κ3) is 3.41. The number of benzene rings is 1. The van der Waals surface area contributed by atoms with Crippen LogP contribution in [0.1, 0.15) is 32.5 Å². The van der Waals surface area contributed by atoms with Gasteiger partial charge in [-0.3, -0.25) is 0 Å². The fraction of sp³-hybridized carbons (Fsp3) is 0.562. The highest BCUT2D eigenvalue weighted by atomic mass is 79.9. The van der Waals surface area contributed by atoms with Crippen molar-refractivity contribution in [3.05, 3.63) is 28.5 Å². The first-order chi connectivity index (χ1) is 9.52. The zero-order valence-corrected chi connectivity index (χ0v) is 14.2. The van der Waals surface area contributed by atoms with Crippen LogP contribution in [0.25, 0.3) is 11.0 Å². The summed E-state index contributed by atoms with van der Waals surface area (Å²) in [6.07, 6.45) is 3.28. The molecule has 3 nitrogen and oxygen atoms in total. The summed E-state index contributed by atoms with van der Waals surface area (Å²) in [6.45, 7) is 5.34. The Bertz CT molecular complexity index is 574. The Balaban J connectivity index is 2.15. The lowest BCUT2D eigenvalue weighted by Gasteiger charge is -2.19. The minimum Gasteiger partial charge on any atom is -0.331 e. The van der Waals surface area contributed by atoms with Crippen LogP contribution in [-0.4, -0.2) is 16.1 Å². The second kappa shape index (κ2) is 6.72. The minimum atomic E-state index is 0.683. The molecular formula is C16H24BrN3. The van der Waals surface area contributed by atoms with Gasteiger partial charge in [0, 0.05) is 17.9 Å². The predicted octanol–water partition coefficient (Wildman–Crippen LogP) is 3.89. The lowest BCUT2D eigenvalue weighted by Crippen LogP contribution is -2.16. The molecule has 0 saturated carbocycles. The standard InChI is InChI=1S/C16H24BrN3/c1-11(2)12(8-9-18)4-7-16-19-14-10-13(17)5-6-15(14)20(16)3/h5-6,10-12H,4,7-9,18H2,1-3H3. The quantitative estimate of drug-likeness (QED) is 0.868. The Hall–Kier alpha value is -0.870. The van der Waals surface area contributed by atoms with Crippen LogP contribution < -0.4 is 5.73 Å². The van der Waals surface area contributed by atoms with Crippen molar-refractivity contribution in [2.45, 2.75) is 33.1 Å². The van der Waals surface area contributed by atoms with E-state index in [9.17, 15) is 0 Å². The van der Waals surface area contributed by atoms with Crippen molar-refractivity contribution >= 4 is 27.0 Å². The van der Waals surface area contributed by atoms with Gasteiger partial charge in [-0.25, -0.2) is 4.98 Å². The van der Waals surface area contributed by atoms with Gasteiger partial charge in [0.05, 0.1) is 11.0 Å². The Kier molecular flexibility index (Phi) is 5.22. The Morgan fingerprint density at radius 2 is 2.05 bits per heavy atom. The van der Waals surface area contributed by atoms with Gasteiger partial charge in [-0.05, 0) is 49.4 Å². The molecule has 20 heavy (non-hydrogen) atoms. The van der Waals surface area contributed by atoms with Crippen LogP contribution in [0.5, 0.6) is 0 Å². The van der Waals surface area contributed by atoms with E-state index in [4.69, 9.17) is 10.7 Å². The van der Waals surface area contributed by atoms with Gasteiger partial charge in [-0.15, -0.1) is 0 Å². The number of rotatable bonds is 6. The van der Waals surface area contributed by atoms with E-state index in [1.807, 2.05) is 0 Å². The van der Waals surface area contributed by atoms with Crippen LogP contribution >= 0.6 is 15.9 Å². The van der Waals surface area contributed by atoms with Gasteiger partial charge in [0.1, 0.15) is 5.82 Å². The van der Waals surface area contributed by atoms with E-state index in [-0.39, 0.29) is 0 Å². The molecule has 0 spiro atoms. The molecule has 0 aliphatic heterocycles. The molecule has 2 N–H and O–H groups in total. The molecule has 2 rings (SSSR count). The summed E-state index contributed by atoms with van der Waals surface area (Å²) in [7, 11) is 2.10. The summed E-state index contributed by atoms with van der Waals surface area (Å²) >= 11 is 3.50. The van der Waals surface area contributed by atoms with Crippen LogP contribution in [0.3, 0.4) is 0 Å². The normalized spacial score (nSPS) is 13.3. The molecule has 0 radical (unpaired) electrons. The van der Waals surface area contributed by atoms with E-state index in [2.05, 4.69) is 59.6 Å². The lowest BCUT2D eigenvalue weighted by molar-refractivity contribution is 0.338. The highest BCUT2D eigenvalue weighted by Gasteiger charge is 2.15. The summed E-state index contributed by atoms with van der Waals surface area (Å²) in [6, 6.07) is 6.27. The van der Waals surface area contributed by atoms with Crippen molar-refractivity contribution in [3.63, 3.8) is 0 Å². The molecule has 0 saturated heterocycles. The molecule has 110 valence electrons. The molecule has 1 aromatic carbocycles. The first kappa shape index (κ1) is 15.5. The number of hydrogen-bond donors (Lipinski definition) is 1. The summed E-state index contributed by atoms with van der Waals surface area (Å²) < 4.78 is 3.29. The van der Waals surface area contributed by atoms with Gasteiger partial charge in [-0.1, -0.05) is 29.8 Å². The summed E-state index contributed by atoms with van der Waals surface area (Å²) in [5.41, 5.74) is 7.98. The molecule has 0 aliphatic carbocycles. The molecule has 1 heterocycles. The molecule has 1 atom stereocenters. The van der Waals surface area contributed by atoms with Gasteiger partial charge >= 0.3 is 0 Å². The Morgan fingerprint density at radius 3 is 2.70 bits per heavy atom. The number of imidazole rings is 1. The molecular weight excluding hydrogens is 314 g/mol. The molecule has 1 aromatic heterocycles. The number of nitrogens with zero attached hydrogens (tertiary/aromatic N) is 2. The molecule has 1 unspecified atom stereocenters. The van der Waals surface area contributed by atoms with Gasteiger partial charge < -0.3 is 10.3 Å². The zero-order chi connectivity index (χ0) is 14.7. The second-order valence-electron chi connectivity index (χ2n) is 5.84. The average Bonchev–Trinajstić information content (AvgIpc) is 2.70. The number of aromatic nitrogens is 2. The largest absolute Gasteiger partial charge is 0.331 e. The summed E-state index contributed by atoms with van der Waals surface area (Å²) in [5.74, 6) is 2.54. The van der Waals surface area contributed by atoms with Crippen LogP contribution in [0.15, 0.2) is 22.7 Å². The summed E-state index contributed by atoms with van der Waals surface area (Å²) in [5, 5.41) is 0. The molecule has 0 bridgehead atoms. The van der Waals surface area contributed by atoms with Gasteiger partial charge in [0.25, 0.3) is 0 Å². The van der Waals surface area contributed by atoms with E-state index >= 15 is 0 Å². The highest BCUT2D eigenvalue weighted by molar-refractivity contribution is 9.10. The van der Waals surface area contributed by atoms with Crippen molar-refractivity contribution in [3.8, 4) is 0 Å². The smallest absolute Gasteiger partial charge is 0.109 e. The fourth-order valence-electron chi connectivity index (χ4n) is 2.79. The number of halogens is 1. The van der Waals surface area contributed by atoms with Crippen molar-refractivity contribution in [2.75, 3.05) is 6.54 Å². The highest BCUT2D eigenvalue weighted by Crippen LogP contribution is 2.24. The van der Waals surface area contributed by atoms with E-state index in [0.717, 1.165) is 35.8 Å². The van der Waals surface area contributed by atoms with E-state index in [0.29, 0.717) is 11.8 Å². The van der Waals surface area contributed by atoms with Crippen LogP contribution in [0.4, 0.5) is 0 Å². The van der Waals surface area contributed by atoms with E-state index < -0.39 is 0 Å². The first-order valence-corrected chi connectivity index (χ1v) is 8.13. The molecule has 0 fully saturated rings. The lowest BCUT2D eigenvalue weighted by atomic mass is 9.88. The Morgan fingerprint density at radius 1 is 1.30 bits per heavy atom. The van der Waals surface area contributed by atoms with Gasteiger partial charge in [-0.2, -0.15) is 0 Å². The summed E-state index contributed by atoms with van der Waals surface area (Å²) in [4.78, 5) is 4.77. The third-order valence-corrected chi connectivity index (χ3v) is 4.65. The molecule has 2 aromatic rings. The SMILES string of the molecule is CC(C)C(CCN)CCc1nc2cc(Br)ccc2n1C. The monoisotopic (exact) mass is 337 g/mol. The van der Waals surface area contributed by atoms with Gasteiger partial charge in [0.15, 0.2) is 0 Å². The van der Waals surface area contributed by atoms with Crippen molar-refractivity contribution in [1.29, 1.82) is 0 Å². The maximum atomic E-state index is 5.72. The molecule has 0 aliphatic rings. The minimum absolute atomic E-state index is 0.683. The van der Waals surface area contributed by atoms with Crippen molar-refractivity contribution in [2.24, 2.45) is 24.6 Å². The van der Waals surface area contributed by atoms with E-state index in [1.54, 1.807) is 0 Å². The fourth-order valence-corrected chi connectivity index (χ4v) is 3.14. The number of fused-ring (bicyclic) bond motifs is 1. The maximum absolute atomic E-state index is 5.72. The zero-order valence-electron chi connectivity index (χ0n) is 12.6. The predicted molar refractivity (Wildman–Crippen MR) is 88.7 cm³/mol. The van der Waals surface area contributed by atoms with E-state index in [1.165, 1.54) is 11.3 Å². The number of nitrogens with two attached hydrogens (primary N) is 1. The average molecular weight is 338 g/mol. The topological polar surface area (TPSA) is 43.8 Å². The Labute approximate surface area is 129 Å². The first-order valence-electron chi connectivity index (χ1n) is 7.33. The maximum Gasteiger partial charge on any atom is 0.109 e. The van der Waals surface area contributed by atoms with Crippen molar-refractivity contribution in [1.82, 2.24) is 9.55 Å². The van der Waals surface area contributed by atoms with Crippen LogP contribution in [0.2, 0.25) is 0 Å². The third-order valence-electron chi connectivity index (χ3n) is 4.15.